The number of nitrogens with zero attached hydrogens (tertiary/aromatic N) is 1. The van der Waals surface area contributed by atoms with Crippen molar-refractivity contribution >= 4 is 17.3 Å². The molecule has 0 spiro atoms. The van der Waals surface area contributed by atoms with Crippen LogP contribution in [0.1, 0.15) is 15.9 Å². The summed E-state index contributed by atoms with van der Waals surface area (Å²) >= 11 is 0. The summed E-state index contributed by atoms with van der Waals surface area (Å²) in [6, 6.07) is 11.2. The topological polar surface area (TPSA) is 90.7 Å². The first-order chi connectivity index (χ1) is 11.5. The maximum Gasteiger partial charge on any atom is 0.274 e. The third-order valence-electron chi connectivity index (χ3n) is 3.32. The van der Waals surface area contributed by atoms with Gasteiger partial charge in [-0.1, -0.05) is 12.1 Å². The fraction of sp³-hybridized carbons (Fsp3) is 0.235. The molecule has 0 atom stereocenters. The van der Waals surface area contributed by atoms with Gasteiger partial charge in [-0.2, -0.15) is 0 Å². The molecule has 7 nitrogen and oxygen atoms in total. The van der Waals surface area contributed by atoms with Crippen molar-refractivity contribution in [1.29, 1.82) is 0 Å². The zero-order valence-corrected chi connectivity index (χ0v) is 13.4. The number of carbonyl (C=O) groups excluding carboxylic acids is 1. The quantitative estimate of drug-likeness (QED) is 0.478. The molecule has 0 unspecified atom stereocenters. The highest BCUT2D eigenvalue weighted by molar-refractivity contribution is 6.04. The lowest BCUT2D eigenvalue weighted by molar-refractivity contribution is -0.385. The number of nitrogens with one attached hydrogen (secondary N) is 1. The van der Waals surface area contributed by atoms with Gasteiger partial charge in [-0.15, -0.1) is 0 Å². The fourth-order valence-corrected chi connectivity index (χ4v) is 2.06. The maximum atomic E-state index is 12.3. The highest BCUT2D eigenvalue weighted by atomic mass is 16.6. The van der Waals surface area contributed by atoms with Crippen LogP contribution in [0.2, 0.25) is 0 Å². The van der Waals surface area contributed by atoms with Crippen molar-refractivity contribution in [2.45, 2.75) is 6.92 Å². The molecule has 1 N–H and O–H groups in total. The van der Waals surface area contributed by atoms with Crippen LogP contribution in [0.5, 0.6) is 5.75 Å². The number of aryl methyl sites for hydroxylation is 1. The Morgan fingerprint density at radius 2 is 2.00 bits per heavy atom. The van der Waals surface area contributed by atoms with Gasteiger partial charge < -0.3 is 14.8 Å². The molecular formula is C17H18N2O5. The lowest BCUT2D eigenvalue weighted by Gasteiger charge is -2.09. The number of amides is 1. The van der Waals surface area contributed by atoms with Crippen molar-refractivity contribution in [3.8, 4) is 5.75 Å². The van der Waals surface area contributed by atoms with Gasteiger partial charge in [-0.05, 0) is 31.2 Å². The first kappa shape index (κ1) is 17.4. The van der Waals surface area contributed by atoms with Crippen LogP contribution in [-0.4, -0.2) is 31.2 Å². The Bertz CT molecular complexity index is 746. The number of carbonyl (C=O) groups is 1. The number of benzene rings is 2. The van der Waals surface area contributed by atoms with E-state index in [1.165, 1.54) is 6.07 Å². The minimum absolute atomic E-state index is 0.0375. The van der Waals surface area contributed by atoms with E-state index in [2.05, 4.69) is 5.32 Å². The van der Waals surface area contributed by atoms with Gasteiger partial charge in [0.15, 0.2) is 0 Å². The molecule has 0 aromatic heterocycles. The summed E-state index contributed by atoms with van der Waals surface area (Å²) in [6.07, 6.45) is 0. The summed E-state index contributed by atoms with van der Waals surface area (Å²) in [5, 5.41) is 13.6. The van der Waals surface area contributed by atoms with Crippen LogP contribution in [0.4, 0.5) is 11.4 Å². The minimum Gasteiger partial charge on any atom is -0.491 e. The number of anilines is 1. The summed E-state index contributed by atoms with van der Waals surface area (Å²) in [7, 11) is 1.58. The summed E-state index contributed by atoms with van der Waals surface area (Å²) in [5.41, 5.74) is 1.26. The standard InChI is InChI=1S/C17H18N2O5/c1-12-6-7-14(11-16(12)19(21)22)18-17(20)13-4-3-5-15(10-13)24-9-8-23-2/h3-7,10-11H,8-9H2,1-2H3,(H,18,20). The molecule has 1 amide bonds. The van der Waals surface area contributed by atoms with Crippen LogP contribution < -0.4 is 10.1 Å². The van der Waals surface area contributed by atoms with E-state index in [0.717, 1.165) is 0 Å². The fourth-order valence-electron chi connectivity index (χ4n) is 2.06. The van der Waals surface area contributed by atoms with Crippen molar-refractivity contribution < 1.29 is 19.2 Å². The van der Waals surface area contributed by atoms with Gasteiger partial charge in [0.25, 0.3) is 11.6 Å². The van der Waals surface area contributed by atoms with Crippen LogP contribution >= 0.6 is 0 Å². The summed E-state index contributed by atoms with van der Waals surface area (Å²) in [5.74, 6) is 0.180. The van der Waals surface area contributed by atoms with E-state index < -0.39 is 4.92 Å². The Kier molecular flexibility index (Phi) is 5.86. The van der Waals surface area contributed by atoms with E-state index in [0.29, 0.717) is 35.8 Å². The largest absolute Gasteiger partial charge is 0.491 e. The third-order valence-corrected chi connectivity index (χ3v) is 3.32. The van der Waals surface area contributed by atoms with E-state index in [-0.39, 0.29) is 11.6 Å². The Hall–Kier alpha value is -2.93. The van der Waals surface area contributed by atoms with Crippen LogP contribution in [0, 0.1) is 17.0 Å². The molecule has 0 aliphatic carbocycles. The lowest BCUT2D eigenvalue weighted by atomic mass is 10.1. The molecule has 0 fully saturated rings. The van der Waals surface area contributed by atoms with Crippen LogP contribution in [0.3, 0.4) is 0 Å². The number of nitro groups is 1. The molecule has 0 aliphatic rings. The van der Waals surface area contributed by atoms with Gasteiger partial charge in [-0.3, -0.25) is 14.9 Å². The molecule has 2 aromatic carbocycles. The number of nitro benzene ring substituents is 1. The average Bonchev–Trinajstić information content (AvgIpc) is 2.57. The molecule has 126 valence electrons. The third kappa shape index (κ3) is 4.53. The van der Waals surface area contributed by atoms with E-state index in [1.54, 1.807) is 50.4 Å². The van der Waals surface area contributed by atoms with Gasteiger partial charge in [0.05, 0.1) is 11.5 Å². The average molecular weight is 330 g/mol. The number of methoxy groups -OCH3 is 1. The SMILES string of the molecule is COCCOc1cccc(C(=O)Nc2ccc(C)c([N+](=O)[O-])c2)c1. The van der Waals surface area contributed by atoms with E-state index in [1.807, 2.05) is 0 Å². The van der Waals surface area contributed by atoms with Crippen molar-refractivity contribution in [1.82, 2.24) is 0 Å². The van der Waals surface area contributed by atoms with Crippen molar-refractivity contribution in [3.05, 3.63) is 63.7 Å². The van der Waals surface area contributed by atoms with Crippen LogP contribution in [0.15, 0.2) is 42.5 Å². The van der Waals surface area contributed by atoms with Crippen molar-refractivity contribution in [2.24, 2.45) is 0 Å². The molecular weight excluding hydrogens is 312 g/mol. The smallest absolute Gasteiger partial charge is 0.274 e. The molecule has 7 heteroatoms. The first-order valence-corrected chi connectivity index (χ1v) is 7.29. The van der Waals surface area contributed by atoms with Crippen molar-refractivity contribution in [3.63, 3.8) is 0 Å². The van der Waals surface area contributed by atoms with Crippen molar-refractivity contribution in [2.75, 3.05) is 25.6 Å². The number of ether oxygens (including phenoxy) is 2. The summed E-state index contributed by atoms with van der Waals surface area (Å²) in [4.78, 5) is 22.8. The van der Waals surface area contributed by atoms with Crippen LogP contribution in [0.25, 0.3) is 0 Å². The second kappa shape index (κ2) is 8.07. The minimum atomic E-state index is -0.477. The molecule has 24 heavy (non-hydrogen) atoms. The summed E-state index contributed by atoms with van der Waals surface area (Å²) < 4.78 is 10.4. The summed E-state index contributed by atoms with van der Waals surface area (Å²) in [6.45, 7) is 2.47. The highest BCUT2D eigenvalue weighted by Gasteiger charge is 2.13. The number of rotatable bonds is 7. The Morgan fingerprint density at radius 1 is 1.21 bits per heavy atom. The van der Waals surface area contributed by atoms with Gasteiger partial charge >= 0.3 is 0 Å². The predicted molar refractivity (Wildman–Crippen MR) is 89.6 cm³/mol. The van der Waals surface area contributed by atoms with Gasteiger partial charge in [0.2, 0.25) is 0 Å². The van der Waals surface area contributed by atoms with Gasteiger partial charge in [0, 0.05) is 30.0 Å². The van der Waals surface area contributed by atoms with Gasteiger partial charge in [0.1, 0.15) is 12.4 Å². The number of hydrogen-bond donors (Lipinski definition) is 1. The molecule has 0 saturated heterocycles. The second-order valence-electron chi connectivity index (χ2n) is 5.08. The molecule has 2 aromatic rings. The normalized spacial score (nSPS) is 10.2. The van der Waals surface area contributed by atoms with Gasteiger partial charge in [-0.25, -0.2) is 0 Å². The second-order valence-corrected chi connectivity index (χ2v) is 5.08. The molecule has 0 bridgehead atoms. The lowest BCUT2D eigenvalue weighted by Crippen LogP contribution is -2.12. The van der Waals surface area contributed by atoms with E-state index in [9.17, 15) is 14.9 Å². The Labute approximate surface area is 139 Å². The maximum absolute atomic E-state index is 12.3. The van der Waals surface area contributed by atoms with E-state index in [4.69, 9.17) is 9.47 Å². The molecule has 0 aliphatic heterocycles. The molecule has 0 radical (unpaired) electrons. The Morgan fingerprint density at radius 3 is 2.71 bits per heavy atom. The van der Waals surface area contributed by atoms with E-state index >= 15 is 0 Å². The zero-order chi connectivity index (χ0) is 17.5. The van der Waals surface area contributed by atoms with Crippen LogP contribution in [-0.2, 0) is 4.74 Å². The number of hydrogen-bond acceptors (Lipinski definition) is 5. The zero-order valence-electron chi connectivity index (χ0n) is 13.4. The Balaban J connectivity index is 2.11. The molecule has 2 rings (SSSR count). The first-order valence-electron chi connectivity index (χ1n) is 7.29. The molecule has 0 saturated carbocycles. The highest BCUT2D eigenvalue weighted by Crippen LogP contribution is 2.23. The predicted octanol–water partition coefficient (Wildman–Crippen LogP) is 3.18. The monoisotopic (exact) mass is 330 g/mol. The molecule has 0 heterocycles.